The van der Waals surface area contributed by atoms with Gasteiger partial charge in [-0.15, -0.1) is 24.0 Å². The number of aromatic nitrogens is 3. The number of halogens is 1. The molecule has 0 radical (unpaired) electrons. The zero-order valence-electron chi connectivity index (χ0n) is 16.2. The first kappa shape index (κ1) is 22.4. The van der Waals surface area contributed by atoms with Crippen molar-refractivity contribution in [2.24, 2.45) is 12.0 Å². The van der Waals surface area contributed by atoms with Crippen LogP contribution in [0.4, 0.5) is 0 Å². The Morgan fingerprint density at radius 2 is 1.92 bits per heavy atom. The SMILES string of the molecule is CCNC(=NCc1ncnn1C)NCC(c1ccc(C)cc1)N(C)C.I. The maximum atomic E-state index is 4.61. The number of guanidine groups is 1. The van der Waals surface area contributed by atoms with Crippen molar-refractivity contribution in [3.8, 4) is 0 Å². The number of benzene rings is 1. The molecule has 0 spiro atoms. The van der Waals surface area contributed by atoms with Crippen molar-refractivity contribution < 1.29 is 0 Å². The Kier molecular flexibility index (Phi) is 9.57. The van der Waals surface area contributed by atoms with Crippen molar-refractivity contribution in [1.82, 2.24) is 30.3 Å². The molecule has 2 N–H and O–H groups in total. The van der Waals surface area contributed by atoms with Crippen molar-refractivity contribution >= 4 is 29.9 Å². The predicted octanol–water partition coefficient (Wildman–Crippen LogP) is 2.10. The first-order valence-corrected chi connectivity index (χ1v) is 8.59. The van der Waals surface area contributed by atoms with Crippen molar-refractivity contribution in [2.75, 3.05) is 27.2 Å². The minimum Gasteiger partial charge on any atom is -0.357 e. The van der Waals surface area contributed by atoms with Crippen molar-refractivity contribution in [2.45, 2.75) is 26.4 Å². The van der Waals surface area contributed by atoms with Crippen LogP contribution in [0.2, 0.25) is 0 Å². The number of nitrogens with zero attached hydrogens (tertiary/aromatic N) is 5. The monoisotopic (exact) mass is 471 g/mol. The number of hydrogen-bond acceptors (Lipinski definition) is 4. The minimum atomic E-state index is 0. The number of nitrogens with one attached hydrogen (secondary N) is 2. The van der Waals surface area contributed by atoms with E-state index in [9.17, 15) is 0 Å². The summed E-state index contributed by atoms with van der Waals surface area (Å²) in [6.07, 6.45) is 1.55. The average Bonchev–Trinajstić information content (AvgIpc) is 2.99. The number of likely N-dealkylation sites (N-methyl/N-ethyl adjacent to an activating group) is 1. The van der Waals surface area contributed by atoms with Crippen LogP contribution in [0.3, 0.4) is 0 Å². The van der Waals surface area contributed by atoms with E-state index < -0.39 is 0 Å². The van der Waals surface area contributed by atoms with E-state index in [1.165, 1.54) is 11.1 Å². The second-order valence-electron chi connectivity index (χ2n) is 6.27. The number of aliphatic imine (C=N–C) groups is 1. The highest BCUT2D eigenvalue weighted by Gasteiger charge is 2.14. The van der Waals surface area contributed by atoms with E-state index in [1.54, 1.807) is 11.0 Å². The van der Waals surface area contributed by atoms with Gasteiger partial charge < -0.3 is 15.5 Å². The first-order chi connectivity index (χ1) is 12.0. The Balaban J connectivity index is 0.00000338. The lowest BCUT2D eigenvalue weighted by Gasteiger charge is -2.26. The van der Waals surface area contributed by atoms with Gasteiger partial charge in [-0.1, -0.05) is 29.8 Å². The van der Waals surface area contributed by atoms with Crippen LogP contribution in [0.15, 0.2) is 35.6 Å². The fourth-order valence-electron chi connectivity index (χ4n) is 2.54. The Labute approximate surface area is 173 Å². The van der Waals surface area contributed by atoms with Crippen LogP contribution >= 0.6 is 24.0 Å². The third kappa shape index (κ3) is 6.56. The van der Waals surface area contributed by atoms with Gasteiger partial charge in [-0.25, -0.2) is 9.98 Å². The Hall–Kier alpha value is -1.68. The highest BCUT2D eigenvalue weighted by atomic mass is 127. The second kappa shape index (κ2) is 11.1. The Morgan fingerprint density at radius 1 is 1.23 bits per heavy atom. The van der Waals surface area contributed by atoms with Gasteiger partial charge in [-0.3, -0.25) is 4.68 Å². The lowest BCUT2D eigenvalue weighted by molar-refractivity contribution is 0.298. The molecule has 0 aliphatic rings. The molecular weight excluding hydrogens is 441 g/mol. The summed E-state index contributed by atoms with van der Waals surface area (Å²) in [7, 11) is 6.06. The summed E-state index contributed by atoms with van der Waals surface area (Å²) in [5.74, 6) is 1.62. The summed E-state index contributed by atoms with van der Waals surface area (Å²) < 4.78 is 1.74. The van der Waals surface area contributed by atoms with Gasteiger partial charge in [0.05, 0.1) is 6.04 Å². The van der Waals surface area contributed by atoms with Gasteiger partial charge in [0.25, 0.3) is 0 Å². The molecule has 1 atom stereocenters. The number of aryl methyl sites for hydroxylation is 2. The highest BCUT2D eigenvalue weighted by molar-refractivity contribution is 14.0. The first-order valence-electron chi connectivity index (χ1n) is 8.59. The molecule has 1 unspecified atom stereocenters. The second-order valence-corrected chi connectivity index (χ2v) is 6.27. The van der Waals surface area contributed by atoms with Crippen molar-refractivity contribution in [3.63, 3.8) is 0 Å². The molecule has 0 bridgehead atoms. The molecule has 1 aromatic carbocycles. The average molecular weight is 471 g/mol. The topological polar surface area (TPSA) is 70.4 Å². The van der Waals surface area contributed by atoms with E-state index >= 15 is 0 Å². The van der Waals surface area contributed by atoms with E-state index in [-0.39, 0.29) is 30.0 Å². The fraction of sp³-hybridized carbons (Fsp3) is 0.500. The third-order valence-electron chi connectivity index (χ3n) is 4.08. The van der Waals surface area contributed by atoms with Gasteiger partial charge in [0, 0.05) is 20.1 Å². The molecule has 1 aromatic heterocycles. The number of hydrogen-bond donors (Lipinski definition) is 2. The molecule has 0 amide bonds. The normalized spacial score (nSPS) is 12.6. The summed E-state index contributed by atoms with van der Waals surface area (Å²) >= 11 is 0. The van der Waals surface area contributed by atoms with Crippen LogP contribution in [0.1, 0.15) is 29.9 Å². The van der Waals surface area contributed by atoms with Gasteiger partial charge in [0.15, 0.2) is 5.96 Å². The molecule has 0 aliphatic heterocycles. The smallest absolute Gasteiger partial charge is 0.191 e. The molecule has 2 rings (SSSR count). The molecule has 0 saturated carbocycles. The molecule has 26 heavy (non-hydrogen) atoms. The lowest BCUT2D eigenvalue weighted by Crippen LogP contribution is -2.41. The lowest BCUT2D eigenvalue weighted by atomic mass is 10.0. The number of rotatable bonds is 7. The molecule has 1 heterocycles. The Bertz CT molecular complexity index is 679. The van der Waals surface area contributed by atoms with Gasteiger partial charge in [-0.05, 0) is 33.5 Å². The zero-order valence-corrected chi connectivity index (χ0v) is 18.6. The maximum absolute atomic E-state index is 4.61. The molecular formula is C18H30IN7. The van der Waals surface area contributed by atoms with E-state index in [1.807, 2.05) is 7.05 Å². The highest BCUT2D eigenvalue weighted by Crippen LogP contribution is 2.17. The van der Waals surface area contributed by atoms with Crippen molar-refractivity contribution in [1.29, 1.82) is 0 Å². The van der Waals surface area contributed by atoms with Gasteiger partial charge in [0.1, 0.15) is 18.7 Å². The summed E-state index contributed by atoms with van der Waals surface area (Å²) in [5.41, 5.74) is 2.56. The molecule has 7 nitrogen and oxygen atoms in total. The molecule has 144 valence electrons. The predicted molar refractivity (Wildman–Crippen MR) is 117 cm³/mol. The van der Waals surface area contributed by atoms with E-state index in [0.29, 0.717) is 6.54 Å². The van der Waals surface area contributed by atoms with Gasteiger partial charge in [0.2, 0.25) is 0 Å². The molecule has 0 fully saturated rings. The van der Waals surface area contributed by atoms with E-state index in [4.69, 9.17) is 0 Å². The summed E-state index contributed by atoms with van der Waals surface area (Å²) in [4.78, 5) is 11.0. The third-order valence-corrected chi connectivity index (χ3v) is 4.08. The molecule has 0 aliphatic carbocycles. The van der Waals surface area contributed by atoms with Crippen LogP contribution in [0, 0.1) is 6.92 Å². The van der Waals surface area contributed by atoms with Crippen LogP contribution in [-0.2, 0) is 13.6 Å². The van der Waals surface area contributed by atoms with E-state index in [0.717, 1.165) is 24.9 Å². The van der Waals surface area contributed by atoms with E-state index in [2.05, 4.69) is 82.8 Å². The largest absolute Gasteiger partial charge is 0.357 e. The molecule has 0 saturated heterocycles. The van der Waals surface area contributed by atoms with Crippen LogP contribution in [0.25, 0.3) is 0 Å². The van der Waals surface area contributed by atoms with Crippen LogP contribution in [-0.4, -0.2) is 52.8 Å². The standard InChI is InChI=1S/C18H29N7.HI/c1-6-19-18(21-12-17-22-13-23-25(17)5)20-11-16(24(3)4)15-9-7-14(2)8-10-15;/h7-10,13,16H,6,11-12H2,1-5H3,(H2,19,20,21);1H. The van der Waals surface area contributed by atoms with Crippen molar-refractivity contribution in [3.05, 3.63) is 47.5 Å². The fourth-order valence-corrected chi connectivity index (χ4v) is 2.54. The van der Waals surface area contributed by atoms with Gasteiger partial charge in [-0.2, -0.15) is 5.10 Å². The summed E-state index contributed by atoms with van der Waals surface area (Å²) in [6.45, 7) is 6.23. The summed E-state index contributed by atoms with van der Waals surface area (Å²) in [5, 5.41) is 10.8. The van der Waals surface area contributed by atoms with Crippen LogP contribution < -0.4 is 10.6 Å². The minimum absolute atomic E-state index is 0. The van der Waals surface area contributed by atoms with Crippen LogP contribution in [0.5, 0.6) is 0 Å². The zero-order chi connectivity index (χ0) is 18.2. The molecule has 2 aromatic rings. The van der Waals surface area contributed by atoms with Gasteiger partial charge >= 0.3 is 0 Å². The molecule has 8 heteroatoms. The maximum Gasteiger partial charge on any atom is 0.191 e. The Morgan fingerprint density at radius 3 is 2.46 bits per heavy atom. The summed E-state index contributed by atoms with van der Waals surface area (Å²) in [6, 6.07) is 8.94. The quantitative estimate of drug-likeness (QED) is 0.368.